The monoisotopic (exact) mass is 284 g/mol. The summed E-state index contributed by atoms with van der Waals surface area (Å²) in [7, 11) is 1.71. The summed E-state index contributed by atoms with van der Waals surface area (Å²) in [5.74, 6) is 0.680. The van der Waals surface area contributed by atoms with Crippen LogP contribution in [0.15, 0.2) is 18.2 Å². The Morgan fingerprint density at radius 1 is 1.58 bits per heavy atom. The van der Waals surface area contributed by atoms with Gasteiger partial charge in [-0.15, -0.1) is 11.6 Å². The highest BCUT2D eigenvalue weighted by atomic mass is 35.5. The van der Waals surface area contributed by atoms with Crippen molar-refractivity contribution in [2.45, 2.75) is 12.3 Å². The first-order valence-electron chi connectivity index (χ1n) is 6.23. The number of hydrogen-bond acceptors (Lipinski definition) is 4. The molecule has 0 saturated carbocycles. The second-order valence-electron chi connectivity index (χ2n) is 4.76. The van der Waals surface area contributed by atoms with E-state index in [9.17, 15) is 10.1 Å². The van der Waals surface area contributed by atoms with E-state index in [0.717, 1.165) is 31.8 Å². The van der Waals surface area contributed by atoms with Gasteiger partial charge in [-0.2, -0.15) is 0 Å². The molecule has 0 amide bonds. The average molecular weight is 285 g/mol. The molecule has 1 aromatic rings. The van der Waals surface area contributed by atoms with Gasteiger partial charge in [-0.25, -0.2) is 0 Å². The van der Waals surface area contributed by atoms with Gasteiger partial charge in [0.05, 0.1) is 17.4 Å². The van der Waals surface area contributed by atoms with Crippen molar-refractivity contribution in [3.63, 3.8) is 0 Å². The second kappa shape index (κ2) is 6.21. The van der Waals surface area contributed by atoms with Crippen LogP contribution >= 0.6 is 11.6 Å². The van der Waals surface area contributed by atoms with Crippen molar-refractivity contribution in [3.8, 4) is 0 Å². The van der Waals surface area contributed by atoms with Crippen LogP contribution in [0.1, 0.15) is 12.0 Å². The third-order valence-electron chi connectivity index (χ3n) is 3.46. The van der Waals surface area contributed by atoms with E-state index in [1.807, 2.05) is 6.07 Å². The summed E-state index contributed by atoms with van der Waals surface area (Å²) >= 11 is 5.79. The predicted octanol–water partition coefficient (Wildman–Crippen LogP) is 2.81. The Bertz CT molecular complexity index is 467. The van der Waals surface area contributed by atoms with Crippen LogP contribution in [0.5, 0.6) is 0 Å². The molecule has 2 rings (SSSR count). The molecule has 0 aromatic heterocycles. The zero-order valence-electron chi connectivity index (χ0n) is 10.8. The standard InChI is InChI=1S/C13H17ClN2O3/c1-19-9-10-4-5-15(8-10)12-2-3-13(16(17)18)11(6-12)7-14/h2-3,6,10H,4-5,7-9H2,1H3. The van der Waals surface area contributed by atoms with E-state index in [1.54, 1.807) is 13.2 Å². The van der Waals surface area contributed by atoms with Crippen LogP contribution in [0.25, 0.3) is 0 Å². The number of nitrogens with zero attached hydrogens (tertiary/aromatic N) is 2. The molecule has 5 nitrogen and oxygen atoms in total. The van der Waals surface area contributed by atoms with Crippen LogP contribution in [-0.4, -0.2) is 31.7 Å². The molecule has 1 unspecified atom stereocenters. The van der Waals surface area contributed by atoms with Crippen molar-refractivity contribution in [1.29, 1.82) is 0 Å². The molecule has 1 aliphatic heterocycles. The summed E-state index contributed by atoms with van der Waals surface area (Å²) < 4.78 is 5.17. The molecule has 1 saturated heterocycles. The Morgan fingerprint density at radius 2 is 2.37 bits per heavy atom. The number of halogens is 1. The van der Waals surface area contributed by atoms with Gasteiger partial charge in [0, 0.05) is 43.4 Å². The first-order chi connectivity index (χ1) is 9.15. The minimum absolute atomic E-state index is 0.0892. The highest BCUT2D eigenvalue weighted by molar-refractivity contribution is 6.17. The maximum Gasteiger partial charge on any atom is 0.273 e. The summed E-state index contributed by atoms with van der Waals surface area (Å²) in [5.41, 5.74) is 1.66. The Balaban J connectivity index is 2.16. The van der Waals surface area contributed by atoms with Gasteiger partial charge in [0.15, 0.2) is 0 Å². The van der Waals surface area contributed by atoms with Crippen molar-refractivity contribution in [1.82, 2.24) is 0 Å². The number of rotatable bonds is 5. The molecule has 0 N–H and O–H groups in total. The Hall–Kier alpha value is -1.33. The van der Waals surface area contributed by atoms with Crippen molar-refractivity contribution in [2.24, 2.45) is 5.92 Å². The van der Waals surface area contributed by atoms with E-state index >= 15 is 0 Å². The topological polar surface area (TPSA) is 55.6 Å². The summed E-state index contributed by atoms with van der Waals surface area (Å²) in [4.78, 5) is 12.7. The van der Waals surface area contributed by atoms with E-state index < -0.39 is 0 Å². The largest absolute Gasteiger partial charge is 0.384 e. The minimum Gasteiger partial charge on any atom is -0.384 e. The number of hydrogen-bond donors (Lipinski definition) is 0. The summed E-state index contributed by atoms with van der Waals surface area (Å²) in [5, 5.41) is 10.9. The number of benzene rings is 1. The van der Waals surface area contributed by atoms with Gasteiger partial charge < -0.3 is 9.64 Å². The lowest BCUT2D eigenvalue weighted by Gasteiger charge is -2.19. The smallest absolute Gasteiger partial charge is 0.273 e. The third-order valence-corrected chi connectivity index (χ3v) is 3.75. The summed E-state index contributed by atoms with van der Waals surface area (Å²) in [6.07, 6.45) is 1.08. The maximum absolute atomic E-state index is 10.9. The number of alkyl halides is 1. The fourth-order valence-electron chi connectivity index (χ4n) is 2.49. The molecule has 1 atom stereocenters. The molecule has 1 fully saturated rings. The first kappa shape index (κ1) is 14.1. The highest BCUT2D eigenvalue weighted by Crippen LogP contribution is 2.29. The van der Waals surface area contributed by atoms with Gasteiger partial charge in [0.2, 0.25) is 0 Å². The lowest BCUT2D eigenvalue weighted by molar-refractivity contribution is -0.385. The molecule has 1 aromatic carbocycles. The lowest BCUT2D eigenvalue weighted by atomic mass is 10.1. The molecule has 19 heavy (non-hydrogen) atoms. The van der Waals surface area contributed by atoms with Crippen molar-refractivity contribution in [3.05, 3.63) is 33.9 Å². The van der Waals surface area contributed by atoms with Crippen LogP contribution < -0.4 is 4.90 Å². The molecule has 0 aliphatic carbocycles. The molecule has 0 radical (unpaired) electrons. The van der Waals surface area contributed by atoms with Gasteiger partial charge in [0.1, 0.15) is 0 Å². The van der Waals surface area contributed by atoms with E-state index in [4.69, 9.17) is 16.3 Å². The fourth-order valence-corrected chi connectivity index (χ4v) is 2.71. The van der Waals surface area contributed by atoms with Crippen molar-refractivity contribution < 1.29 is 9.66 Å². The first-order valence-corrected chi connectivity index (χ1v) is 6.76. The van der Waals surface area contributed by atoms with E-state index in [2.05, 4.69) is 4.90 Å². The Labute approximate surface area is 117 Å². The lowest BCUT2D eigenvalue weighted by Crippen LogP contribution is -2.21. The predicted molar refractivity (Wildman–Crippen MR) is 74.8 cm³/mol. The van der Waals surface area contributed by atoms with E-state index in [-0.39, 0.29) is 16.5 Å². The van der Waals surface area contributed by atoms with Crippen molar-refractivity contribution in [2.75, 3.05) is 31.7 Å². The van der Waals surface area contributed by atoms with Gasteiger partial charge in [-0.05, 0) is 18.6 Å². The van der Waals surface area contributed by atoms with E-state index in [1.165, 1.54) is 6.07 Å². The quantitative estimate of drug-likeness (QED) is 0.474. The number of methoxy groups -OCH3 is 1. The van der Waals surface area contributed by atoms with Crippen molar-refractivity contribution >= 4 is 23.0 Å². The molecule has 6 heteroatoms. The molecule has 0 bridgehead atoms. The Kier molecular flexibility index (Phi) is 4.61. The highest BCUT2D eigenvalue weighted by Gasteiger charge is 2.24. The van der Waals surface area contributed by atoms with Crippen LogP contribution in [0.4, 0.5) is 11.4 Å². The molecule has 1 heterocycles. The Morgan fingerprint density at radius 3 is 3.00 bits per heavy atom. The number of nitro benzene ring substituents is 1. The fraction of sp³-hybridized carbons (Fsp3) is 0.538. The number of anilines is 1. The van der Waals surface area contributed by atoms with Crippen LogP contribution in [0, 0.1) is 16.0 Å². The number of ether oxygens (including phenoxy) is 1. The summed E-state index contributed by atoms with van der Waals surface area (Å²) in [6, 6.07) is 5.15. The zero-order chi connectivity index (χ0) is 13.8. The second-order valence-corrected chi connectivity index (χ2v) is 5.03. The van der Waals surface area contributed by atoms with Gasteiger partial charge >= 0.3 is 0 Å². The van der Waals surface area contributed by atoms with Crippen LogP contribution in [-0.2, 0) is 10.6 Å². The van der Waals surface area contributed by atoms with Crippen LogP contribution in [0.2, 0.25) is 0 Å². The SMILES string of the molecule is COCC1CCN(c2ccc([N+](=O)[O-])c(CCl)c2)C1. The average Bonchev–Trinajstić information content (AvgIpc) is 2.87. The summed E-state index contributed by atoms with van der Waals surface area (Å²) in [6.45, 7) is 2.63. The number of nitro groups is 1. The van der Waals surface area contributed by atoms with Gasteiger partial charge in [-0.3, -0.25) is 10.1 Å². The normalized spacial score (nSPS) is 18.8. The van der Waals surface area contributed by atoms with Gasteiger partial charge in [-0.1, -0.05) is 0 Å². The van der Waals surface area contributed by atoms with Crippen LogP contribution in [0.3, 0.4) is 0 Å². The van der Waals surface area contributed by atoms with Gasteiger partial charge in [0.25, 0.3) is 5.69 Å². The van der Waals surface area contributed by atoms with E-state index in [0.29, 0.717) is 11.5 Å². The molecule has 1 aliphatic rings. The maximum atomic E-state index is 10.9. The zero-order valence-corrected chi connectivity index (χ0v) is 11.6. The third kappa shape index (κ3) is 3.16. The molecular weight excluding hydrogens is 268 g/mol. The molecular formula is C13H17ClN2O3. The minimum atomic E-state index is -0.390. The molecule has 0 spiro atoms. The molecule has 104 valence electrons.